The summed E-state index contributed by atoms with van der Waals surface area (Å²) in [4.78, 5) is 2.42. The van der Waals surface area contributed by atoms with Crippen molar-refractivity contribution in [3.63, 3.8) is 0 Å². The van der Waals surface area contributed by atoms with Crippen LogP contribution in [-0.2, 0) is 4.74 Å². The topological polar surface area (TPSA) is 12.5 Å². The van der Waals surface area contributed by atoms with Gasteiger partial charge in [0, 0.05) is 12.0 Å². The lowest BCUT2D eigenvalue weighted by Crippen LogP contribution is -2.29. The lowest BCUT2D eigenvalue weighted by molar-refractivity contribution is 0.120. The van der Waals surface area contributed by atoms with Gasteiger partial charge in [-0.2, -0.15) is 0 Å². The molecule has 2 heteroatoms. The number of ether oxygens (including phenoxy) is 1. The first-order valence-corrected chi connectivity index (χ1v) is 7.78. The van der Waals surface area contributed by atoms with Crippen molar-refractivity contribution in [3.05, 3.63) is 23.5 Å². The molecule has 0 bridgehead atoms. The van der Waals surface area contributed by atoms with Gasteiger partial charge in [0.2, 0.25) is 0 Å². The molecule has 0 radical (unpaired) electrons. The van der Waals surface area contributed by atoms with Gasteiger partial charge in [-0.3, -0.25) is 0 Å². The van der Waals surface area contributed by atoms with Crippen molar-refractivity contribution in [3.8, 4) is 0 Å². The van der Waals surface area contributed by atoms with Gasteiger partial charge in [-0.15, -0.1) is 0 Å². The zero-order valence-electron chi connectivity index (χ0n) is 13.4. The van der Waals surface area contributed by atoms with Crippen molar-refractivity contribution in [1.29, 1.82) is 0 Å². The van der Waals surface area contributed by atoms with Gasteiger partial charge in [-0.05, 0) is 52.3 Å². The highest BCUT2D eigenvalue weighted by molar-refractivity contribution is 5.14. The van der Waals surface area contributed by atoms with Crippen molar-refractivity contribution >= 4 is 0 Å². The van der Waals surface area contributed by atoms with Gasteiger partial charge >= 0.3 is 0 Å². The number of hydrogen-bond acceptors (Lipinski definition) is 2. The van der Waals surface area contributed by atoms with E-state index in [1.807, 2.05) is 0 Å². The van der Waals surface area contributed by atoms with E-state index >= 15 is 0 Å². The number of nitrogens with zero attached hydrogens (tertiary/aromatic N) is 1. The Hall–Kier alpha value is -0.760. The second-order valence-electron chi connectivity index (χ2n) is 5.83. The van der Waals surface area contributed by atoms with Crippen LogP contribution in [0.1, 0.15) is 53.4 Å². The van der Waals surface area contributed by atoms with E-state index in [-0.39, 0.29) is 0 Å². The summed E-state index contributed by atoms with van der Waals surface area (Å²) >= 11 is 0. The van der Waals surface area contributed by atoms with Gasteiger partial charge in [-0.1, -0.05) is 32.4 Å². The van der Waals surface area contributed by atoms with E-state index in [2.05, 4.69) is 51.8 Å². The Morgan fingerprint density at radius 2 is 2.11 bits per heavy atom. The maximum atomic E-state index is 6.12. The van der Waals surface area contributed by atoms with Crippen LogP contribution in [0.15, 0.2) is 23.5 Å². The van der Waals surface area contributed by atoms with E-state index in [0.717, 1.165) is 25.2 Å². The smallest absolute Gasteiger partial charge is 0.103 e. The Morgan fingerprint density at radius 1 is 1.37 bits per heavy atom. The summed E-state index contributed by atoms with van der Waals surface area (Å²) in [6, 6.07) is 0.601. The maximum absolute atomic E-state index is 6.12. The van der Waals surface area contributed by atoms with Gasteiger partial charge in [0.05, 0.1) is 5.76 Å². The van der Waals surface area contributed by atoms with Crippen molar-refractivity contribution in [2.45, 2.75) is 59.4 Å². The summed E-state index contributed by atoms with van der Waals surface area (Å²) in [6.45, 7) is 10.9. The summed E-state index contributed by atoms with van der Waals surface area (Å²) in [7, 11) is 2.20. The highest BCUT2D eigenvalue weighted by atomic mass is 16.5. The summed E-state index contributed by atoms with van der Waals surface area (Å²) in [5.74, 6) is 1.66. The van der Waals surface area contributed by atoms with Crippen LogP contribution in [0.2, 0.25) is 0 Å². The molecule has 0 spiro atoms. The molecule has 0 aliphatic carbocycles. The Kier molecular flexibility index (Phi) is 7.22. The Bertz CT molecular complexity index is 319. The molecule has 2 nitrogen and oxygen atoms in total. The molecule has 1 fully saturated rings. The largest absolute Gasteiger partial charge is 0.496 e. The summed E-state index contributed by atoms with van der Waals surface area (Å²) < 4.78 is 6.12. The molecular formula is C17H31NO. The third-order valence-electron chi connectivity index (χ3n) is 4.30. The molecule has 2 atom stereocenters. The Morgan fingerprint density at radius 3 is 2.63 bits per heavy atom. The Balaban J connectivity index is 2.59. The molecule has 0 aromatic carbocycles. The standard InChI is InChI=1S/C17H31NO/c1-6-14(3)10-11-17(15(4)7-2)19-13-16-9-8-12-18(16)5/h10-11,15-16H,6-9,12-13H2,1-5H3/b14-10?,17-11+. The fourth-order valence-electron chi connectivity index (χ4n) is 2.28. The number of hydrogen-bond donors (Lipinski definition) is 0. The predicted octanol–water partition coefficient (Wildman–Crippen LogP) is 4.38. The molecule has 1 aliphatic rings. The lowest BCUT2D eigenvalue weighted by atomic mass is 10.1. The molecule has 1 rings (SSSR count). The molecule has 1 aliphatic heterocycles. The van der Waals surface area contributed by atoms with Crippen molar-refractivity contribution in [2.24, 2.45) is 5.92 Å². The molecule has 0 aromatic heterocycles. The average molecular weight is 265 g/mol. The van der Waals surface area contributed by atoms with Crippen molar-refractivity contribution in [1.82, 2.24) is 4.90 Å². The van der Waals surface area contributed by atoms with E-state index in [9.17, 15) is 0 Å². The molecule has 1 heterocycles. The van der Waals surface area contributed by atoms with Gasteiger partial charge < -0.3 is 9.64 Å². The molecule has 1 saturated heterocycles. The van der Waals surface area contributed by atoms with Crippen LogP contribution in [0.4, 0.5) is 0 Å². The first-order valence-electron chi connectivity index (χ1n) is 7.78. The number of likely N-dealkylation sites (tertiary alicyclic amines) is 1. The molecular weight excluding hydrogens is 234 g/mol. The first-order chi connectivity index (χ1) is 9.08. The number of rotatable bonds is 7. The number of likely N-dealkylation sites (N-methyl/N-ethyl adjacent to an activating group) is 1. The zero-order chi connectivity index (χ0) is 14.3. The lowest BCUT2D eigenvalue weighted by Gasteiger charge is -2.22. The molecule has 19 heavy (non-hydrogen) atoms. The van der Waals surface area contributed by atoms with Crippen LogP contribution < -0.4 is 0 Å². The SMILES string of the molecule is CCC(C)=C/C=C(/OCC1CCCN1C)C(C)CC. The minimum Gasteiger partial charge on any atom is -0.496 e. The maximum Gasteiger partial charge on any atom is 0.103 e. The minimum atomic E-state index is 0.507. The summed E-state index contributed by atoms with van der Waals surface area (Å²) in [5, 5.41) is 0. The van der Waals surface area contributed by atoms with Gasteiger partial charge in [-0.25, -0.2) is 0 Å². The van der Waals surface area contributed by atoms with E-state index in [1.54, 1.807) is 0 Å². The Labute approximate surface area is 119 Å². The number of allylic oxidation sites excluding steroid dienone is 4. The zero-order valence-corrected chi connectivity index (χ0v) is 13.4. The quantitative estimate of drug-likeness (QED) is 0.500. The van der Waals surface area contributed by atoms with Gasteiger partial charge in [0.25, 0.3) is 0 Å². The fraction of sp³-hybridized carbons (Fsp3) is 0.765. The molecule has 110 valence electrons. The van der Waals surface area contributed by atoms with Crippen LogP contribution in [0.5, 0.6) is 0 Å². The molecule has 2 unspecified atom stereocenters. The second-order valence-corrected chi connectivity index (χ2v) is 5.83. The summed E-state index contributed by atoms with van der Waals surface area (Å²) in [6.07, 6.45) is 9.21. The van der Waals surface area contributed by atoms with E-state index in [1.165, 1.54) is 25.0 Å². The van der Waals surface area contributed by atoms with E-state index in [4.69, 9.17) is 4.74 Å². The minimum absolute atomic E-state index is 0.507. The van der Waals surface area contributed by atoms with E-state index in [0.29, 0.717) is 12.0 Å². The second kappa shape index (κ2) is 8.42. The van der Waals surface area contributed by atoms with Crippen LogP contribution in [-0.4, -0.2) is 31.1 Å². The molecule has 0 N–H and O–H groups in total. The third-order valence-corrected chi connectivity index (χ3v) is 4.30. The third kappa shape index (κ3) is 5.40. The monoisotopic (exact) mass is 265 g/mol. The molecule has 0 aromatic rings. The van der Waals surface area contributed by atoms with Crippen LogP contribution in [0, 0.1) is 5.92 Å². The van der Waals surface area contributed by atoms with E-state index < -0.39 is 0 Å². The van der Waals surface area contributed by atoms with Gasteiger partial charge in [0.1, 0.15) is 6.61 Å². The molecule has 0 saturated carbocycles. The highest BCUT2D eigenvalue weighted by Crippen LogP contribution is 2.20. The highest BCUT2D eigenvalue weighted by Gasteiger charge is 2.22. The van der Waals surface area contributed by atoms with Crippen molar-refractivity contribution < 1.29 is 4.74 Å². The van der Waals surface area contributed by atoms with Crippen LogP contribution >= 0.6 is 0 Å². The van der Waals surface area contributed by atoms with Gasteiger partial charge in [0.15, 0.2) is 0 Å². The summed E-state index contributed by atoms with van der Waals surface area (Å²) in [5.41, 5.74) is 1.40. The van der Waals surface area contributed by atoms with Crippen LogP contribution in [0.25, 0.3) is 0 Å². The first kappa shape index (κ1) is 16.3. The normalized spacial score (nSPS) is 23.7. The molecule has 0 amide bonds. The van der Waals surface area contributed by atoms with Crippen molar-refractivity contribution in [2.75, 3.05) is 20.2 Å². The predicted molar refractivity (Wildman–Crippen MR) is 83.2 cm³/mol. The average Bonchev–Trinajstić information content (AvgIpc) is 2.83. The van der Waals surface area contributed by atoms with Crippen LogP contribution in [0.3, 0.4) is 0 Å². The fourth-order valence-corrected chi connectivity index (χ4v) is 2.28.